The number of amides is 1. The van der Waals surface area contributed by atoms with Crippen molar-refractivity contribution in [2.24, 2.45) is 11.8 Å². The molecule has 1 amide bonds. The molecule has 2 N–H and O–H groups in total. The smallest absolute Gasteiger partial charge is 0.220 e. The van der Waals surface area contributed by atoms with Crippen molar-refractivity contribution in [3.8, 4) is 5.75 Å². The van der Waals surface area contributed by atoms with Crippen LogP contribution in [0.1, 0.15) is 69.8 Å². The summed E-state index contributed by atoms with van der Waals surface area (Å²) in [4.78, 5) is 22.2. The van der Waals surface area contributed by atoms with E-state index in [4.69, 9.17) is 4.74 Å². The van der Waals surface area contributed by atoms with E-state index in [-0.39, 0.29) is 12.0 Å². The van der Waals surface area contributed by atoms with Gasteiger partial charge in [0.15, 0.2) is 0 Å². The summed E-state index contributed by atoms with van der Waals surface area (Å²) >= 11 is 0. The predicted molar refractivity (Wildman–Crippen MR) is 133 cm³/mol. The van der Waals surface area contributed by atoms with E-state index in [1.807, 2.05) is 12.3 Å². The first-order chi connectivity index (χ1) is 16.6. The van der Waals surface area contributed by atoms with Gasteiger partial charge in [0.2, 0.25) is 5.91 Å². The molecule has 0 radical (unpaired) electrons. The van der Waals surface area contributed by atoms with E-state index in [2.05, 4.69) is 20.1 Å². The van der Waals surface area contributed by atoms with E-state index in [9.17, 15) is 9.90 Å². The number of nitrogens with zero attached hydrogens (tertiary/aromatic N) is 3. The lowest BCUT2D eigenvalue weighted by atomic mass is 9.83. The van der Waals surface area contributed by atoms with Crippen molar-refractivity contribution >= 4 is 11.7 Å². The molecule has 0 unspecified atom stereocenters. The van der Waals surface area contributed by atoms with Crippen LogP contribution in [-0.2, 0) is 11.2 Å². The fourth-order valence-corrected chi connectivity index (χ4v) is 6.41. The van der Waals surface area contributed by atoms with Crippen LogP contribution in [-0.4, -0.2) is 72.4 Å². The van der Waals surface area contributed by atoms with E-state index in [1.54, 1.807) is 0 Å². The summed E-state index contributed by atoms with van der Waals surface area (Å²) in [7, 11) is 0. The number of nitrogens with one attached hydrogen (secondary N) is 1. The second-order valence-corrected chi connectivity index (χ2v) is 11.0. The Labute approximate surface area is 204 Å². The van der Waals surface area contributed by atoms with Gasteiger partial charge in [-0.05, 0) is 82.2 Å². The molecule has 2 aliphatic carbocycles. The minimum atomic E-state index is -0.143. The molecule has 0 spiro atoms. The quantitative estimate of drug-likeness (QED) is 0.638. The summed E-state index contributed by atoms with van der Waals surface area (Å²) in [5.74, 6) is 3.64. The maximum atomic E-state index is 12.5. The lowest BCUT2D eigenvalue weighted by molar-refractivity contribution is -0.123. The molecule has 0 aromatic carbocycles. The van der Waals surface area contributed by atoms with Crippen molar-refractivity contribution in [2.75, 3.05) is 44.2 Å². The highest BCUT2D eigenvalue weighted by Gasteiger charge is 2.27. The van der Waals surface area contributed by atoms with Crippen LogP contribution >= 0.6 is 0 Å². The summed E-state index contributed by atoms with van der Waals surface area (Å²) in [6, 6.07) is 2.36. The molecule has 2 saturated carbocycles. The number of aromatic nitrogens is 1. The second kappa shape index (κ2) is 11.3. The second-order valence-electron chi connectivity index (χ2n) is 11.0. The Hall–Kier alpha value is -1.86. The number of carbonyl (C=O) groups is 1. The van der Waals surface area contributed by atoms with Crippen LogP contribution in [0.4, 0.5) is 5.82 Å². The molecule has 2 aliphatic heterocycles. The Morgan fingerprint density at radius 1 is 1.03 bits per heavy atom. The van der Waals surface area contributed by atoms with Crippen molar-refractivity contribution in [2.45, 2.75) is 82.8 Å². The van der Waals surface area contributed by atoms with Crippen molar-refractivity contribution < 1.29 is 14.6 Å². The van der Waals surface area contributed by atoms with Gasteiger partial charge in [0.25, 0.3) is 0 Å². The van der Waals surface area contributed by atoms with Crippen LogP contribution in [0.25, 0.3) is 0 Å². The Morgan fingerprint density at radius 2 is 1.76 bits per heavy atom. The average molecular weight is 471 g/mol. The zero-order chi connectivity index (χ0) is 23.3. The van der Waals surface area contributed by atoms with Gasteiger partial charge in [-0.1, -0.05) is 0 Å². The molecule has 3 heterocycles. The van der Waals surface area contributed by atoms with E-state index in [0.29, 0.717) is 18.4 Å². The lowest BCUT2D eigenvalue weighted by Gasteiger charge is -2.37. The summed E-state index contributed by atoms with van der Waals surface area (Å²) < 4.78 is 5.71. The van der Waals surface area contributed by atoms with Crippen molar-refractivity contribution in [1.29, 1.82) is 0 Å². The molecule has 7 nitrogen and oxygen atoms in total. The Bertz CT molecular complexity index is 810. The van der Waals surface area contributed by atoms with Crippen molar-refractivity contribution in [1.82, 2.24) is 15.2 Å². The molecular weight excluding hydrogens is 428 g/mol. The van der Waals surface area contributed by atoms with Crippen LogP contribution in [0.2, 0.25) is 0 Å². The molecule has 7 heteroatoms. The SMILES string of the molecule is O=C(CC1CCC(O)CC1)NC1CCC(CCN2CCN(c3nccc4c3CCO4)CC2)CC1. The number of rotatable bonds is 7. The molecule has 188 valence electrons. The van der Waals surface area contributed by atoms with Gasteiger partial charge in [0, 0.05) is 56.8 Å². The summed E-state index contributed by atoms with van der Waals surface area (Å²) in [6.45, 7) is 6.27. The molecule has 0 atom stereocenters. The highest BCUT2D eigenvalue weighted by atomic mass is 16.5. The van der Waals surface area contributed by atoms with Crippen molar-refractivity contribution in [3.05, 3.63) is 17.8 Å². The van der Waals surface area contributed by atoms with Gasteiger partial charge >= 0.3 is 0 Å². The Morgan fingerprint density at radius 3 is 2.53 bits per heavy atom. The molecule has 1 saturated heterocycles. The van der Waals surface area contributed by atoms with Crippen LogP contribution in [0.3, 0.4) is 0 Å². The molecule has 0 bridgehead atoms. The topological polar surface area (TPSA) is 77.9 Å². The number of ether oxygens (including phenoxy) is 1. The third kappa shape index (κ3) is 6.03. The minimum Gasteiger partial charge on any atom is -0.493 e. The number of piperazine rings is 1. The van der Waals surface area contributed by atoms with Crippen LogP contribution in [0.5, 0.6) is 5.75 Å². The number of aliphatic hydroxyl groups excluding tert-OH is 1. The fourth-order valence-electron chi connectivity index (χ4n) is 6.41. The lowest BCUT2D eigenvalue weighted by Crippen LogP contribution is -2.47. The first-order valence-electron chi connectivity index (χ1n) is 13.7. The van der Waals surface area contributed by atoms with Gasteiger partial charge < -0.3 is 20.1 Å². The first-order valence-corrected chi connectivity index (χ1v) is 13.7. The van der Waals surface area contributed by atoms with Crippen LogP contribution in [0, 0.1) is 11.8 Å². The number of carbonyl (C=O) groups excluding carboxylic acids is 1. The molecule has 4 aliphatic rings. The third-order valence-corrected chi connectivity index (χ3v) is 8.63. The monoisotopic (exact) mass is 470 g/mol. The number of hydrogen-bond donors (Lipinski definition) is 2. The van der Waals surface area contributed by atoms with E-state index >= 15 is 0 Å². The maximum Gasteiger partial charge on any atom is 0.220 e. The minimum absolute atomic E-state index is 0.143. The van der Waals surface area contributed by atoms with E-state index < -0.39 is 0 Å². The van der Waals surface area contributed by atoms with Gasteiger partial charge in [0.05, 0.1) is 12.7 Å². The Balaban J connectivity index is 0.972. The number of pyridine rings is 1. The van der Waals surface area contributed by atoms with Gasteiger partial charge in [-0.25, -0.2) is 4.98 Å². The molecular formula is C27H42N4O3. The zero-order valence-corrected chi connectivity index (χ0v) is 20.6. The largest absolute Gasteiger partial charge is 0.493 e. The molecule has 5 rings (SSSR count). The zero-order valence-electron chi connectivity index (χ0n) is 20.6. The average Bonchev–Trinajstić information content (AvgIpc) is 3.35. The van der Waals surface area contributed by atoms with Crippen LogP contribution < -0.4 is 15.0 Å². The van der Waals surface area contributed by atoms with E-state index in [0.717, 1.165) is 95.2 Å². The summed E-state index contributed by atoms with van der Waals surface area (Å²) in [5.41, 5.74) is 1.29. The molecule has 1 aromatic rings. The Kier molecular flexibility index (Phi) is 7.90. The van der Waals surface area contributed by atoms with E-state index in [1.165, 1.54) is 31.4 Å². The molecule has 1 aromatic heterocycles. The normalized spacial score (nSPS) is 30.0. The fraction of sp³-hybridized carbons (Fsp3) is 0.778. The summed E-state index contributed by atoms with van der Waals surface area (Å²) in [6.07, 6.45) is 13.1. The number of anilines is 1. The van der Waals surface area contributed by atoms with Crippen LogP contribution in [0.15, 0.2) is 12.3 Å². The highest BCUT2D eigenvalue weighted by molar-refractivity contribution is 5.76. The van der Waals surface area contributed by atoms with Crippen molar-refractivity contribution in [3.63, 3.8) is 0 Å². The van der Waals surface area contributed by atoms with Gasteiger partial charge in [-0.2, -0.15) is 0 Å². The van der Waals surface area contributed by atoms with Gasteiger partial charge in [-0.3, -0.25) is 9.69 Å². The molecule has 3 fully saturated rings. The third-order valence-electron chi connectivity index (χ3n) is 8.63. The molecule has 34 heavy (non-hydrogen) atoms. The van der Waals surface area contributed by atoms with Gasteiger partial charge in [0.1, 0.15) is 11.6 Å². The number of fused-ring (bicyclic) bond motifs is 1. The van der Waals surface area contributed by atoms with Gasteiger partial charge in [-0.15, -0.1) is 0 Å². The number of hydrogen-bond acceptors (Lipinski definition) is 6. The predicted octanol–water partition coefficient (Wildman–Crippen LogP) is 3.14. The number of aliphatic hydroxyl groups is 1. The maximum absolute atomic E-state index is 12.5. The summed E-state index contributed by atoms with van der Waals surface area (Å²) in [5, 5.41) is 13.0. The highest BCUT2D eigenvalue weighted by Crippen LogP contribution is 2.33. The first kappa shape index (κ1) is 23.9. The standard InChI is InChI=1S/C27H42N4O3/c32-23-7-3-21(4-8-23)19-26(33)29-22-5-1-20(2-6-22)10-13-30-14-16-31(17-15-30)27-24-11-18-34-25(24)9-12-28-27/h9,12,20-23,32H,1-8,10-11,13-19H2,(H,29,33).